The summed E-state index contributed by atoms with van der Waals surface area (Å²) in [7, 11) is 1.65. The molecule has 2 N–H and O–H groups in total. The Kier molecular flexibility index (Phi) is 9.51. The van der Waals surface area contributed by atoms with E-state index >= 15 is 0 Å². The topological polar surface area (TPSA) is 53.7 Å². The number of hydrogen-bond donors (Lipinski definition) is 1. The van der Waals surface area contributed by atoms with E-state index in [1.165, 1.54) is 5.56 Å². The second kappa shape index (κ2) is 10.6. The molecule has 1 unspecified atom stereocenters. The lowest BCUT2D eigenvalue weighted by Gasteiger charge is -2.14. The molecule has 0 saturated heterocycles. The van der Waals surface area contributed by atoms with Crippen LogP contribution in [0.3, 0.4) is 0 Å². The van der Waals surface area contributed by atoms with Gasteiger partial charge in [0.05, 0.1) is 28.8 Å². The molecule has 0 saturated carbocycles. The Morgan fingerprint density at radius 2 is 1.71 bits per heavy atom. The molecule has 21 heavy (non-hydrogen) atoms. The van der Waals surface area contributed by atoms with Crippen molar-refractivity contribution in [2.75, 3.05) is 33.5 Å². The summed E-state index contributed by atoms with van der Waals surface area (Å²) >= 11 is 7.09. The molecule has 0 bridgehead atoms. The van der Waals surface area contributed by atoms with Gasteiger partial charge in [0.15, 0.2) is 0 Å². The highest BCUT2D eigenvalue weighted by Gasteiger charge is 2.11. The van der Waals surface area contributed by atoms with Crippen LogP contribution in [0.4, 0.5) is 0 Å². The summed E-state index contributed by atoms with van der Waals surface area (Å²) in [4.78, 5) is 0. The summed E-state index contributed by atoms with van der Waals surface area (Å²) in [5.74, 6) is 0.791. The van der Waals surface area contributed by atoms with Gasteiger partial charge in [-0.2, -0.15) is 0 Å². The molecule has 0 spiro atoms. The van der Waals surface area contributed by atoms with Crippen molar-refractivity contribution in [2.45, 2.75) is 25.8 Å². The molecule has 0 aliphatic carbocycles. The highest BCUT2D eigenvalue weighted by atomic mass is 79.9. The van der Waals surface area contributed by atoms with Gasteiger partial charge in [0, 0.05) is 13.2 Å². The number of halogens is 2. The molecular weight excluding hydrogens is 402 g/mol. The zero-order valence-electron chi connectivity index (χ0n) is 12.5. The third-order valence-corrected chi connectivity index (χ3v) is 4.16. The molecule has 0 heterocycles. The second-order valence-corrected chi connectivity index (χ2v) is 6.42. The fourth-order valence-corrected chi connectivity index (χ4v) is 3.27. The molecule has 1 rings (SSSR count). The number of methoxy groups -OCH3 is 1. The lowest BCUT2D eigenvalue weighted by molar-refractivity contribution is 0.0542. The number of ether oxygens (including phenoxy) is 3. The lowest BCUT2D eigenvalue weighted by Crippen LogP contribution is -2.21. The predicted molar refractivity (Wildman–Crippen MR) is 92.0 cm³/mol. The molecule has 0 aliphatic heterocycles. The second-order valence-electron chi connectivity index (χ2n) is 4.71. The van der Waals surface area contributed by atoms with E-state index in [2.05, 4.69) is 50.9 Å². The third-order valence-electron chi connectivity index (χ3n) is 2.99. The number of hydrogen-bond acceptors (Lipinski definition) is 4. The standard InChI is InChI=1S/C15H23Br2NO3/c1-3-12(18)8-11-9-13(16)15(14(17)10-11)21-7-6-20-5-4-19-2/h9-10,12H,3-8,18H2,1-2H3. The minimum Gasteiger partial charge on any atom is -0.489 e. The zero-order valence-corrected chi connectivity index (χ0v) is 15.7. The Hall–Kier alpha value is -0.140. The molecule has 1 aromatic carbocycles. The van der Waals surface area contributed by atoms with E-state index < -0.39 is 0 Å². The number of benzene rings is 1. The first-order chi connectivity index (χ1) is 10.1. The molecule has 0 aromatic heterocycles. The maximum absolute atomic E-state index is 5.99. The summed E-state index contributed by atoms with van der Waals surface area (Å²) in [6, 6.07) is 4.30. The first kappa shape index (κ1) is 18.9. The van der Waals surface area contributed by atoms with Gasteiger partial charge in [-0.05, 0) is 62.4 Å². The van der Waals surface area contributed by atoms with Gasteiger partial charge in [0.25, 0.3) is 0 Å². The van der Waals surface area contributed by atoms with Crippen LogP contribution in [0.25, 0.3) is 0 Å². The van der Waals surface area contributed by atoms with Gasteiger partial charge in [-0.1, -0.05) is 6.92 Å². The van der Waals surface area contributed by atoms with Crippen molar-refractivity contribution in [2.24, 2.45) is 5.73 Å². The number of rotatable bonds is 10. The van der Waals surface area contributed by atoms with Crippen molar-refractivity contribution in [3.05, 3.63) is 26.6 Å². The van der Waals surface area contributed by atoms with E-state index in [1.807, 2.05) is 0 Å². The van der Waals surface area contributed by atoms with Crippen LogP contribution in [-0.4, -0.2) is 39.6 Å². The monoisotopic (exact) mass is 423 g/mol. The van der Waals surface area contributed by atoms with Crippen LogP contribution in [0.1, 0.15) is 18.9 Å². The molecule has 120 valence electrons. The minimum atomic E-state index is 0.185. The molecule has 6 heteroatoms. The van der Waals surface area contributed by atoms with Crippen LogP contribution in [-0.2, 0) is 15.9 Å². The molecular formula is C15H23Br2NO3. The number of nitrogens with two attached hydrogens (primary N) is 1. The SMILES string of the molecule is CCC(N)Cc1cc(Br)c(OCCOCCOC)c(Br)c1. The van der Waals surface area contributed by atoms with Crippen molar-refractivity contribution < 1.29 is 14.2 Å². The molecule has 1 aromatic rings. The van der Waals surface area contributed by atoms with Crippen LogP contribution in [0.5, 0.6) is 5.75 Å². The van der Waals surface area contributed by atoms with Crippen LogP contribution < -0.4 is 10.5 Å². The molecule has 0 fully saturated rings. The van der Waals surface area contributed by atoms with Gasteiger partial charge < -0.3 is 19.9 Å². The van der Waals surface area contributed by atoms with Crippen molar-refractivity contribution >= 4 is 31.9 Å². The van der Waals surface area contributed by atoms with Crippen LogP contribution >= 0.6 is 31.9 Å². The van der Waals surface area contributed by atoms with Gasteiger partial charge in [-0.3, -0.25) is 0 Å². The maximum atomic E-state index is 5.99. The average molecular weight is 425 g/mol. The zero-order chi connectivity index (χ0) is 15.7. The Balaban J connectivity index is 2.51. The Bertz CT molecular complexity index is 406. The summed E-state index contributed by atoms with van der Waals surface area (Å²) < 4.78 is 17.9. The van der Waals surface area contributed by atoms with Crippen LogP contribution in [0.2, 0.25) is 0 Å². The molecule has 4 nitrogen and oxygen atoms in total. The first-order valence-corrected chi connectivity index (χ1v) is 8.60. The highest BCUT2D eigenvalue weighted by Crippen LogP contribution is 2.35. The van der Waals surface area contributed by atoms with Crippen LogP contribution in [0, 0.1) is 0 Å². The largest absolute Gasteiger partial charge is 0.489 e. The summed E-state index contributed by atoms with van der Waals surface area (Å²) in [6.45, 7) is 4.30. The Morgan fingerprint density at radius 3 is 2.29 bits per heavy atom. The van der Waals surface area contributed by atoms with Crippen molar-refractivity contribution in [1.82, 2.24) is 0 Å². The fourth-order valence-electron chi connectivity index (χ4n) is 1.76. The minimum absolute atomic E-state index is 0.185. The van der Waals surface area contributed by atoms with Crippen molar-refractivity contribution in [3.63, 3.8) is 0 Å². The Labute approximate surface area is 143 Å². The van der Waals surface area contributed by atoms with E-state index in [4.69, 9.17) is 19.9 Å². The van der Waals surface area contributed by atoms with E-state index in [9.17, 15) is 0 Å². The van der Waals surface area contributed by atoms with E-state index in [1.54, 1.807) is 7.11 Å². The van der Waals surface area contributed by atoms with E-state index in [0.717, 1.165) is 27.5 Å². The van der Waals surface area contributed by atoms with Gasteiger partial charge in [-0.25, -0.2) is 0 Å². The smallest absolute Gasteiger partial charge is 0.147 e. The van der Waals surface area contributed by atoms with Crippen molar-refractivity contribution in [3.8, 4) is 5.75 Å². The average Bonchev–Trinajstić information content (AvgIpc) is 2.44. The quantitative estimate of drug-likeness (QED) is 0.583. The van der Waals surface area contributed by atoms with E-state index in [0.29, 0.717) is 26.4 Å². The van der Waals surface area contributed by atoms with Crippen molar-refractivity contribution in [1.29, 1.82) is 0 Å². The van der Waals surface area contributed by atoms with Gasteiger partial charge in [-0.15, -0.1) is 0 Å². The third kappa shape index (κ3) is 7.10. The molecule has 0 aliphatic rings. The molecule has 0 amide bonds. The van der Waals surface area contributed by atoms with Crippen LogP contribution in [0.15, 0.2) is 21.1 Å². The summed E-state index contributed by atoms with van der Waals surface area (Å²) in [5.41, 5.74) is 7.18. The highest BCUT2D eigenvalue weighted by molar-refractivity contribution is 9.11. The molecule has 0 radical (unpaired) electrons. The molecule has 1 atom stereocenters. The van der Waals surface area contributed by atoms with Gasteiger partial charge in [0.2, 0.25) is 0 Å². The predicted octanol–water partition coefficient (Wildman–Crippen LogP) is 3.53. The normalized spacial score (nSPS) is 12.4. The lowest BCUT2D eigenvalue weighted by atomic mass is 10.0. The Morgan fingerprint density at radius 1 is 1.10 bits per heavy atom. The fraction of sp³-hybridized carbons (Fsp3) is 0.600. The maximum Gasteiger partial charge on any atom is 0.147 e. The summed E-state index contributed by atoms with van der Waals surface area (Å²) in [5, 5.41) is 0. The van der Waals surface area contributed by atoms with E-state index in [-0.39, 0.29) is 6.04 Å². The first-order valence-electron chi connectivity index (χ1n) is 7.01. The van der Waals surface area contributed by atoms with Gasteiger partial charge >= 0.3 is 0 Å². The summed E-state index contributed by atoms with van der Waals surface area (Å²) in [6.07, 6.45) is 1.82. The van der Waals surface area contributed by atoms with Gasteiger partial charge in [0.1, 0.15) is 12.4 Å².